The molecule has 1 fully saturated rings. The molecule has 3 rings (SSSR count). The second kappa shape index (κ2) is 7.55. The molecule has 1 aliphatic heterocycles. The zero-order chi connectivity index (χ0) is 19.7. The summed E-state index contributed by atoms with van der Waals surface area (Å²) in [6.45, 7) is 7.82. The minimum Gasteiger partial charge on any atom is -0.450 e. The second-order valence-corrected chi connectivity index (χ2v) is 6.61. The number of piperazine rings is 1. The number of ether oxygens (including phenoxy) is 1. The van der Waals surface area contributed by atoms with Gasteiger partial charge in [0, 0.05) is 46.8 Å². The molecular formula is C17H26N6O4. The highest BCUT2D eigenvalue weighted by Crippen LogP contribution is 2.14. The van der Waals surface area contributed by atoms with Crippen LogP contribution in [-0.2, 0) is 31.9 Å². The van der Waals surface area contributed by atoms with Crippen molar-refractivity contribution in [3.8, 4) is 0 Å². The Hall–Kier alpha value is -2.62. The molecule has 27 heavy (non-hydrogen) atoms. The first-order chi connectivity index (χ1) is 12.9. The van der Waals surface area contributed by atoms with Crippen molar-refractivity contribution in [2.75, 3.05) is 32.8 Å². The van der Waals surface area contributed by atoms with Gasteiger partial charge in [-0.05, 0) is 13.8 Å². The maximum atomic E-state index is 12.6. The molecule has 0 saturated carbocycles. The topological polar surface area (TPSA) is 94.6 Å². The van der Waals surface area contributed by atoms with Crippen molar-refractivity contribution < 1.29 is 9.53 Å². The van der Waals surface area contributed by atoms with Gasteiger partial charge in [-0.25, -0.2) is 14.6 Å². The Morgan fingerprint density at radius 2 is 1.74 bits per heavy atom. The largest absolute Gasteiger partial charge is 0.450 e. The van der Waals surface area contributed by atoms with E-state index in [1.165, 1.54) is 11.6 Å². The van der Waals surface area contributed by atoms with Gasteiger partial charge >= 0.3 is 11.8 Å². The van der Waals surface area contributed by atoms with Crippen LogP contribution in [0.25, 0.3) is 11.2 Å². The van der Waals surface area contributed by atoms with Crippen molar-refractivity contribution in [3.63, 3.8) is 0 Å². The molecule has 1 aliphatic rings. The summed E-state index contributed by atoms with van der Waals surface area (Å²) in [5, 5.41) is 0. The van der Waals surface area contributed by atoms with Gasteiger partial charge in [-0.2, -0.15) is 0 Å². The Morgan fingerprint density at radius 3 is 2.33 bits per heavy atom. The Kier molecular flexibility index (Phi) is 5.36. The van der Waals surface area contributed by atoms with Gasteiger partial charge in [0.15, 0.2) is 11.2 Å². The number of fused-ring (bicyclic) bond motifs is 1. The number of amides is 1. The molecule has 10 heteroatoms. The van der Waals surface area contributed by atoms with Crippen LogP contribution in [-0.4, -0.2) is 67.4 Å². The van der Waals surface area contributed by atoms with E-state index in [4.69, 9.17) is 4.74 Å². The van der Waals surface area contributed by atoms with Crippen LogP contribution in [0.4, 0.5) is 4.79 Å². The fourth-order valence-electron chi connectivity index (χ4n) is 3.46. The number of hydrogen-bond acceptors (Lipinski definition) is 6. The molecule has 0 bridgehead atoms. The Morgan fingerprint density at radius 1 is 1.07 bits per heavy atom. The third kappa shape index (κ3) is 3.36. The molecule has 10 nitrogen and oxygen atoms in total. The number of imidazole rings is 1. The number of nitrogens with zero attached hydrogens (tertiary/aromatic N) is 6. The standard InChI is InChI=1S/C17H26N6O4/c1-5-23-12(11-21-7-9-22(10-8-21)17(26)27-6-2)18-14-13(23)15(24)20(4)16(25)19(14)3/h5-11H2,1-4H3. The fourth-order valence-corrected chi connectivity index (χ4v) is 3.46. The monoisotopic (exact) mass is 378 g/mol. The number of carbonyl (C=O) groups is 1. The first-order valence-corrected chi connectivity index (χ1v) is 9.18. The highest BCUT2D eigenvalue weighted by atomic mass is 16.6. The van der Waals surface area contributed by atoms with Crippen molar-refractivity contribution >= 4 is 17.3 Å². The molecule has 0 unspecified atom stereocenters. The molecule has 0 aliphatic carbocycles. The molecule has 148 valence electrons. The van der Waals surface area contributed by atoms with Gasteiger partial charge in [0.05, 0.1) is 13.2 Å². The molecule has 0 radical (unpaired) electrons. The molecule has 1 saturated heterocycles. The molecule has 3 heterocycles. The van der Waals surface area contributed by atoms with E-state index in [2.05, 4.69) is 9.88 Å². The van der Waals surface area contributed by atoms with Crippen molar-refractivity contribution in [1.29, 1.82) is 0 Å². The smallest absolute Gasteiger partial charge is 0.409 e. The van der Waals surface area contributed by atoms with Gasteiger partial charge in [0.2, 0.25) is 0 Å². The minimum atomic E-state index is -0.386. The van der Waals surface area contributed by atoms with E-state index in [9.17, 15) is 14.4 Å². The molecule has 0 atom stereocenters. The summed E-state index contributed by atoms with van der Waals surface area (Å²) >= 11 is 0. The third-order valence-electron chi connectivity index (χ3n) is 5.01. The molecule has 2 aromatic rings. The van der Waals surface area contributed by atoms with Crippen LogP contribution in [0.2, 0.25) is 0 Å². The lowest BCUT2D eigenvalue weighted by molar-refractivity contribution is 0.0769. The SMILES string of the molecule is CCOC(=O)N1CCN(Cc2nc3c(c(=O)n(C)c(=O)n3C)n2CC)CC1. The quantitative estimate of drug-likeness (QED) is 0.727. The van der Waals surface area contributed by atoms with E-state index >= 15 is 0 Å². The highest BCUT2D eigenvalue weighted by Gasteiger charge is 2.24. The molecule has 0 N–H and O–H groups in total. The first kappa shape index (κ1) is 19.2. The van der Waals surface area contributed by atoms with Crippen molar-refractivity contribution in [2.45, 2.75) is 26.9 Å². The van der Waals surface area contributed by atoms with Crippen LogP contribution in [0, 0.1) is 0 Å². The molecule has 0 spiro atoms. The third-order valence-corrected chi connectivity index (χ3v) is 5.01. The summed E-state index contributed by atoms with van der Waals surface area (Å²) in [7, 11) is 3.10. The van der Waals surface area contributed by atoms with E-state index in [1.54, 1.807) is 18.9 Å². The summed E-state index contributed by atoms with van der Waals surface area (Å²) in [6.07, 6.45) is -0.281. The summed E-state index contributed by atoms with van der Waals surface area (Å²) in [6, 6.07) is 0. The summed E-state index contributed by atoms with van der Waals surface area (Å²) in [4.78, 5) is 45.0. The lowest BCUT2D eigenvalue weighted by Crippen LogP contribution is -2.48. The van der Waals surface area contributed by atoms with E-state index in [0.717, 1.165) is 10.4 Å². The van der Waals surface area contributed by atoms with Gasteiger partial charge in [0.1, 0.15) is 5.82 Å². The average molecular weight is 378 g/mol. The van der Waals surface area contributed by atoms with Crippen molar-refractivity contribution in [3.05, 3.63) is 26.7 Å². The molecule has 1 amide bonds. The predicted molar refractivity (Wildman–Crippen MR) is 99.8 cm³/mol. The Balaban J connectivity index is 1.85. The number of rotatable bonds is 4. The number of hydrogen-bond donors (Lipinski definition) is 0. The Labute approximate surface area is 156 Å². The van der Waals surface area contributed by atoms with Gasteiger partial charge in [0.25, 0.3) is 5.56 Å². The fraction of sp³-hybridized carbons (Fsp3) is 0.647. The van der Waals surface area contributed by atoms with Crippen LogP contribution in [0.3, 0.4) is 0 Å². The van der Waals surface area contributed by atoms with Crippen LogP contribution in [0.1, 0.15) is 19.7 Å². The lowest BCUT2D eigenvalue weighted by atomic mass is 10.3. The average Bonchev–Trinajstić information content (AvgIpc) is 3.03. The number of carbonyl (C=O) groups excluding carboxylic acids is 1. The van der Waals surface area contributed by atoms with Gasteiger partial charge in [-0.15, -0.1) is 0 Å². The van der Waals surface area contributed by atoms with E-state index in [0.29, 0.717) is 57.0 Å². The summed E-state index contributed by atoms with van der Waals surface area (Å²) in [5.41, 5.74) is 0.135. The van der Waals surface area contributed by atoms with E-state index in [1.807, 2.05) is 11.5 Å². The lowest BCUT2D eigenvalue weighted by Gasteiger charge is -2.33. The number of aryl methyl sites for hydroxylation is 2. The molecule has 2 aromatic heterocycles. The number of aromatic nitrogens is 4. The minimum absolute atomic E-state index is 0.281. The van der Waals surface area contributed by atoms with Gasteiger partial charge < -0.3 is 14.2 Å². The zero-order valence-corrected chi connectivity index (χ0v) is 16.3. The van der Waals surface area contributed by atoms with E-state index < -0.39 is 0 Å². The molecular weight excluding hydrogens is 352 g/mol. The maximum absolute atomic E-state index is 12.6. The van der Waals surface area contributed by atoms with Crippen LogP contribution in [0.5, 0.6) is 0 Å². The zero-order valence-electron chi connectivity index (χ0n) is 16.3. The van der Waals surface area contributed by atoms with Crippen molar-refractivity contribution in [2.24, 2.45) is 14.1 Å². The van der Waals surface area contributed by atoms with E-state index in [-0.39, 0.29) is 17.3 Å². The molecule has 0 aromatic carbocycles. The first-order valence-electron chi connectivity index (χ1n) is 9.18. The normalized spacial score (nSPS) is 15.5. The maximum Gasteiger partial charge on any atom is 0.409 e. The van der Waals surface area contributed by atoms with Gasteiger partial charge in [-0.3, -0.25) is 18.8 Å². The highest BCUT2D eigenvalue weighted by molar-refractivity contribution is 5.71. The van der Waals surface area contributed by atoms with Crippen LogP contribution >= 0.6 is 0 Å². The summed E-state index contributed by atoms with van der Waals surface area (Å²) in [5.74, 6) is 0.746. The van der Waals surface area contributed by atoms with Crippen molar-refractivity contribution in [1.82, 2.24) is 28.5 Å². The second-order valence-electron chi connectivity index (χ2n) is 6.61. The predicted octanol–water partition coefficient (Wildman–Crippen LogP) is -0.272. The Bertz CT molecular complexity index is 964. The summed E-state index contributed by atoms with van der Waals surface area (Å²) < 4.78 is 9.43. The van der Waals surface area contributed by atoms with Gasteiger partial charge in [-0.1, -0.05) is 0 Å². The van der Waals surface area contributed by atoms with Crippen LogP contribution in [0.15, 0.2) is 9.59 Å². The van der Waals surface area contributed by atoms with Crippen LogP contribution < -0.4 is 11.2 Å².